The minimum Gasteiger partial charge on any atom is -0.337 e. The second-order valence-corrected chi connectivity index (χ2v) is 9.36. The highest BCUT2D eigenvalue weighted by atomic mass is 19.1. The van der Waals surface area contributed by atoms with Gasteiger partial charge in [0.1, 0.15) is 6.67 Å². The number of nitrogens with zero attached hydrogens (tertiary/aromatic N) is 4. The Morgan fingerprint density at radius 1 is 1.26 bits per heavy atom. The maximum absolute atomic E-state index is 12.7. The Kier molecular flexibility index (Phi) is 7.23. The van der Waals surface area contributed by atoms with E-state index in [2.05, 4.69) is 28.2 Å². The number of amides is 2. The quantitative estimate of drug-likeness (QED) is 0.674. The van der Waals surface area contributed by atoms with Gasteiger partial charge in [-0.05, 0) is 68.0 Å². The Morgan fingerprint density at radius 3 is 2.68 bits per heavy atom. The SMILES string of the molecule is Cc1c(CN2CCN(C(=O)CC3CC3)C(C)C2)cc(C#N)cc1NC(=O)c1ccc(CF)nc1. The summed E-state index contributed by atoms with van der Waals surface area (Å²) in [7, 11) is 0. The third-order valence-corrected chi connectivity index (χ3v) is 6.70. The molecule has 1 N–H and O–H groups in total. The molecule has 1 saturated carbocycles. The number of anilines is 1. The number of pyridine rings is 1. The molecule has 34 heavy (non-hydrogen) atoms. The lowest BCUT2D eigenvalue weighted by atomic mass is 10.0. The Bertz CT molecular complexity index is 1110. The van der Waals surface area contributed by atoms with Crippen molar-refractivity contribution in [2.45, 2.75) is 52.4 Å². The molecule has 8 heteroatoms. The smallest absolute Gasteiger partial charge is 0.257 e. The standard InChI is InChI=1S/C26H30FN5O2/c1-17-15-31(7-8-32(17)25(33)11-19-3-4-19)16-22-9-20(13-28)10-24(18(22)2)30-26(34)21-5-6-23(12-27)29-14-21/h5-6,9-10,14,17,19H,3-4,7-8,11-12,15-16H2,1-2H3,(H,30,34). The van der Waals surface area contributed by atoms with E-state index < -0.39 is 6.67 Å². The van der Waals surface area contributed by atoms with E-state index in [4.69, 9.17) is 0 Å². The van der Waals surface area contributed by atoms with E-state index in [-0.39, 0.29) is 23.6 Å². The molecule has 1 aliphatic carbocycles. The number of carbonyl (C=O) groups is 2. The van der Waals surface area contributed by atoms with Gasteiger partial charge in [0.2, 0.25) is 5.91 Å². The molecule has 4 rings (SSSR count). The summed E-state index contributed by atoms with van der Waals surface area (Å²) in [6.45, 7) is 6.20. The van der Waals surface area contributed by atoms with Crippen LogP contribution < -0.4 is 5.32 Å². The number of piperazine rings is 1. The molecule has 1 aromatic heterocycles. The van der Waals surface area contributed by atoms with Crippen LogP contribution in [0.2, 0.25) is 0 Å². The summed E-state index contributed by atoms with van der Waals surface area (Å²) in [5.74, 6) is 0.481. The van der Waals surface area contributed by atoms with Gasteiger partial charge >= 0.3 is 0 Å². The van der Waals surface area contributed by atoms with E-state index in [9.17, 15) is 19.2 Å². The lowest BCUT2D eigenvalue weighted by molar-refractivity contribution is -0.136. The van der Waals surface area contributed by atoms with Crippen molar-refractivity contribution in [2.24, 2.45) is 5.92 Å². The maximum atomic E-state index is 12.7. The van der Waals surface area contributed by atoms with Crippen molar-refractivity contribution in [2.75, 3.05) is 25.0 Å². The number of nitrogens with one attached hydrogen (secondary N) is 1. The average molecular weight is 464 g/mol. The number of alkyl halides is 1. The lowest BCUT2D eigenvalue weighted by Crippen LogP contribution is -2.53. The van der Waals surface area contributed by atoms with Gasteiger partial charge < -0.3 is 10.2 Å². The molecule has 178 valence electrons. The number of hydrogen-bond acceptors (Lipinski definition) is 5. The van der Waals surface area contributed by atoms with Crippen molar-refractivity contribution in [1.29, 1.82) is 5.26 Å². The van der Waals surface area contributed by atoms with Gasteiger partial charge in [-0.15, -0.1) is 0 Å². The molecule has 2 aromatic rings. The molecule has 1 aliphatic heterocycles. The number of aromatic nitrogens is 1. The molecule has 0 radical (unpaired) electrons. The Morgan fingerprint density at radius 2 is 2.06 bits per heavy atom. The highest BCUT2D eigenvalue weighted by molar-refractivity contribution is 6.04. The molecule has 1 aromatic carbocycles. The van der Waals surface area contributed by atoms with E-state index in [1.54, 1.807) is 6.07 Å². The zero-order valence-electron chi connectivity index (χ0n) is 19.7. The van der Waals surface area contributed by atoms with Crippen LogP contribution in [-0.4, -0.2) is 52.3 Å². The van der Waals surface area contributed by atoms with Crippen molar-refractivity contribution < 1.29 is 14.0 Å². The first-order valence-corrected chi connectivity index (χ1v) is 11.8. The van der Waals surface area contributed by atoms with E-state index >= 15 is 0 Å². The largest absolute Gasteiger partial charge is 0.337 e. The molecular formula is C26H30FN5O2. The Hall–Kier alpha value is -3.31. The topological polar surface area (TPSA) is 89.3 Å². The molecule has 0 bridgehead atoms. The first-order valence-electron chi connectivity index (χ1n) is 11.8. The normalized spacial score (nSPS) is 18.4. The Labute approximate surface area is 199 Å². The fourth-order valence-corrected chi connectivity index (χ4v) is 4.44. The van der Waals surface area contributed by atoms with Crippen LogP contribution in [0.5, 0.6) is 0 Å². The van der Waals surface area contributed by atoms with Crippen LogP contribution in [0.4, 0.5) is 10.1 Å². The van der Waals surface area contributed by atoms with E-state index in [1.165, 1.54) is 31.2 Å². The van der Waals surface area contributed by atoms with E-state index in [0.717, 1.165) is 24.2 Å². The van der Waals surface area contributed by atoms with Gasteiger partial charge in [0.05, 0.1) is 22.9 Å². The minimum atomic E-state index is -0.684. The number of hydrogen-bond donors (Lipinski definition) is 1. The summed E-state index contributed by atoms with van der Waals surface area (Å²) in [6, 6.07) is 8.85. The molecule has 2 aliphatic rings. The van der Waals surface area contributed by atoms with E-state index in [1.807, 2.05) is 17.9 Å². The maximum Gasteiger partial charge on any atom is 0.257 e. The molecule has 2 heterocycles. The van der Waals surface area contributed by atoms with Gasteiger partial charge in [-0.2, -0.15) is 5.26 Å². The summed E-state index contributed by atoms with van der Waals surface area (Å²) < 4.78 is 12.7. The molecule has 1 unspecified atom stereocenters. The van der Waals surface area contributed by atoms with Crippen LogP contribution in [0.1, 0.15) is 58.9 Å². The number of carbonyl (C=O) groups excluding carboxylic acids is 2. The highest BCUT2D eigenvalue weighted by Gasteiger charge is 2.32. The number of nitriles is 1. The minimum absolute atomic E-state index is 0.137. The summed E-state index contributed by atoms with van der Waals surface area (Å²) >= 11 is 0. The van der Waals surface area contributed by atoms with Crippen molar-refractivity contribution in [3.05, 3.63) is 58.4 Å². The molecule has 2 fully saturated rings. The fraction of sp³-hybridized carbons (Fsp3) is 0.462. The molecule has 1 saturated heterocycles. The van der Waals surface area contributed by atoms with Gasteiger partial charge in [0.15, 0.2) is 0 Å². The summed E-state index contributed by atoms with van der Waals surface area (Å²) in [6.07, 6.45) is 4.36. The van der Waals surface area contributed by atoms with Crippen LogP contribution in [-0.2, 0) is 18.0 Å². The third-order valence-electron chi connectivity index (χ3n) is 6.70. The summed E-state index contributed by atoms with van der Waals surface area (Å²) in [4.78, 5) is 33.5. The molecular weight excluding hydrogens is 433 g/mol. The molecule has 2 amide bonds. The van der Waals surface area contributed by atoms with Crippen LogP contribution >= 0.6 is 0 Å². The first kappa shape index (κ1) is 23.8. The number of benzene rings is 1. The predicted octanol–water partition coefficient (Wildman–Crippen LogP) is 3.82. The fourth-order valence-electron chi connectivity index (χ4n) is 4.44. The van der Waals surface area contributed by atoms with Gasteiger partial charge in [0, 0.05) is 50.5 Å². The number of rotatable bonds is 7. The van der Waals surface area contributed by atoms with Crippen molar-refractivity contribution in [3.63, 3.8) is 0 Å². The van der Waals surface area contributed by atoms with Crippen molar-refractivity contribution in [1.82, 2.24) is 14.8 Å². The molecule has 0 spiro atoms. The molecule has 7 nitrogen and oxygen atoms in total. The lowest BCUT2D eigenvalue weighted by Gasteiger charge is -2.40. The monoisotopic (exact) mass is 463 g/mol. The van der Waals surface area contributed by atoms with Gasteiger partial charge in [-0.1, -0.05) is 0 Å². The second-order valence-electron chi connectivity index (χ2n) is 9.36. The highest BCUT2D eigenvalue weighted by Crippen LogP contribution is 2.33. The second kappa shape index (κ2) is 10.3. The summed E-state index contributed by atoms with van der Waals surface area (Å²) in [5.41, 5.74) is 3.48. The summed E-state index contributed by atoms with van der Waals surface area (Å²) in [5, 5.41) is 12.4. The van der Waals surface area contributed by atoms with Crippen LogP contribution in [0.25, 0.3) is 0 Å². The van der Waals surface area contributed by atoms with Gasteiger partial charge in [-0.25, -0.2) is 4.39 Å². The zero-order valence-corrected chi connectivity index (χ0v) is 19.7. The van der Waals surface area contributed by atoms with Gasteiger partial charge in [0.25, 0.3) is 5.91 Å². The van der Waals surface area contributed by atoms with Crippen LogP contribution in [0.3, 0.4) is 0 Å². The van der Waals surface area contributed by atoms with E-state index in [0.29, 0.717) is 42.2 Å². The zero-order chi connectivity index (χ0) is 24.2. The van der Waals surface area contributed by atoms with Gasteiger partial charge in [-0.3, -0.25) is 19.5 Å². The van der Waals surface area contributed by atoms with Crippen molar-refractivity contribution >= 4 is 17.5 Å². The average Bonchev–Trinajstić information content (AvgIpc) is 3.65. The third kappa shape index (κ3) is 5.60. The molecule has 1 atom stereocenters. The Balaban J connectivity index is 1.45. The first-order chi connectivity index (χ1) is 16.4. The van der Waals surface area contributed by atoms with Crippen molar-refractivity contribution in [3.8, 4) is 6.07 Å². The predicted molar refractivity (Wildman–Crippen MR) is 127 cm³/mol. The number of halogens is 1. The van der Waals surface area contributed by atoms with Crippen LogP contribution in [0.15, 0.2) is 30.5 Å². The van der Waals surface area contributed by atoms with Crippen LogP contribution in [0, 0.1) is 24.2 Å².